The van der Waals surface area contributed by atoms with E-state index < -0.39 is 10.8 Å². The average Bonchev–Trinajstić information content (AvgIpc) is 2.40. The van der Waals surface area contributed by atoms with Gasteiger partial charge in [-0.05, 0) is 13.3 Å². The third kappa shape index (κ3) is 2.54. The first kappa shape index (κ1) is 11.7. The molecule has 1 aliphatic heterocycles. The molecule has 82 valence electrons. The zero-order valence-corrected chi connectivity index (χ0v) is 9.76. The smallest absolute Gasteiger partial charge is 0.240 e. The fourth-order valence-electron chi connectivity index (χ4n) is 1.68. The summed E-state index contributed by atoms with van der Waals surface area (Å²) in [7, 11) is -0.826. The first-order valence-corrected chi connectivity index (χ1v) is 6.65. The Bertz CT molecular complexity index is 245. The minimum absolute atomic E-state index is 0.0924. The number of hydrogen-bond acceptors (Lipinski definition) is 3. The van der Waals surface area contributed by atoms with Crippen LogP contribution < -0.4 is 5.32 Å². The molecule has 0 saturated carbocycles. The summed E-state index contributed by atoms with van der Waals surface area (Å²) in [6, 6.07) is -0.0924. The molecule has 0 aromatic heterocycles. The van der Waals surface area contributed by atoms with Crippen LogP contribution >= 0.6 is 0 Å². The Morgan fingerprint density at radius 3 is 2.71 bits per heavy atom. The monoisotopic (exact) mass is 218 g/mol. The van der Waals surface area contributed by atoms with Crippen LogP contribution in [0.25, 0.3) is 0 Å². The molecule has 3 unspecified atom stereocenters. The van der Waals surface area contributed by atoms with Gasteiger partial charge in [0.25, 0.3) is 0 Å². The molecule has 1 saturated heterocycles. The van der Waals surface area contributed by atoms with Crippen molar-refractivity contribution in [1.29, 1.82) is 0 Å². The molecule has 1 fully saturated rings. The summed E-state index contributed by atoms with van der Waals surface area (Å²) < 4.78 is 10.9. The Hall–Kier alpha value is -0.420. The van der Waals surface area contributed by atoms with E-state index in [2.05, 4.69) is 5.32 Å². The summed E-state index contributed by atoms with van der Waals surface area (Å²) >= 11 is 0. The van der Waals surface area contributed by atoms with E-state index in [-0.39, 0.29) is 18.1 Å². The summed E-state index contributed by atoms with van der Waals surface area (Å²) in [5.74, 6) is 0.693. The number of nitrogens with one attached hydrogen (secondary N) is 1. The van der Waals surface area contributed by atoms with Crippen molar-refractivity contribution >= 4 is 16.7 Å². The molecule has 0 radical (unpaired) electrons. The highest BCUT2D eigenvalue weighted by Crippen LogP contribution is 2.12. The summed E-state index contributed by atoms with van der Waals surface area (Å²) in [6.07, 6.45) is 2.69. The highest BCUT2D eigenvalue weighted by atomic mass is 32.2. The van der Waals surface area contributed by atoms with Gasteiger partial charge in [-0.1, -0.05) is 6.92 Å². The third-order valence-electron chi connectivity index (χ3n) is 2.48. The van der Waals surface area contributed by atoms with Gasteiger partial charge in [0.15, 0.2) is 0 Å². The molecule has 1 amide bonds. The van der Waals surface area contributed by atoms with Crippen LogP contribution in [0.1, 0.15) is 20.3 Å². The number of carbonyl (C=O) groups is 1. The van der Waals surface area contributed by atoms with E-state index in [4.69, 9.17) is 0 Å². The second kappa shape index (κ2) is 4.89. The molecule has 1 rings (SSSR count). The van der Waals surface area contributed by atoms with Crippen LogP contribution in [0.4, 0.5) is 0 Å². The molecular formula is C9H18N2O2S. The molecule has 0 aliphatic carbocycles. The molecule has 1 aliphatic rings. The zero-order chi connectivity index (χ0) is 10.7. The normalized spacial score (nSPS) is 29.6. The molecule has 0 aromatic carbocycles. The maximum Gasteiger partial charge on any atom is 0.240 e. The van der Waals surface area contributed by atoms with Crippen LogP contribution in [0.15, 0.2) is 0 Å². The standard InChI is InChI=1S/C9H18N2O2S/c1-4-8-10-7(2)9(12)11(8)5-6-14(3)13/h7-8,10H,4-6H2,1-3H3. The van der Waals surface area contributed by atoms with E-state index in [1.165, 1.54) is 0 Å². The fraction of sp³-hybridized carbons (Fsp3) is 0.889. The van der Waals surface area contributed by atoms with E-state index in [1.54, 1.807) is 11.2 Å². The van der Waals surface area contributed by atoms with Crippen molar-refractivity contribution in [2.24, 2.45) is 0 Å². The van der Waals surface area contributed by atoms with Crippen molar-refractivity contribution in [2.45, 2.75) is 32.5 Å². The summed E-state index contributed by atoms with van der Waals surface area (Å²) in [6.45, 7) is 4.50. The van der Waals surface area contributed by atoms with Gasteiger partial charge in [-0.15, -0.1) is 0 Å². The van der Waals surface area contributed by atoms with E-state index in [0.717, 1.165) is 6.42 Å². The molecule has 0 aromatic rings. The second-order valence-corrected chi connectivity index (χ2v) is 5.18. The van der Waals surface area contributed by atoms with E-state index in [9.17, 15) is 9.00 Å². The van der Waals surface area contributed by atoms with Crippen molar-refractivity contribution in [1.82, 2.24) is 10.2 Å². The van der Waals surface area contributed by atoms with E-state index in [1.807, 2.05) is 13.8 Å². The van der Waals surface area contributed by atoms with Crippen LogP contribution in [-0.4, -0.2) is 45.8 Å². The van der Waals surface area contributed by atoms with Gasteiger partial charge in [-0.2, -0.15) is 0 Å². The minimum Gasteiger partial charge on any atom is -0.325 e. The zero-order valence-electron chi connectivity index (χ0n) is 8.95. The van der Waals surface area contributed by atoms with Gasteiger partial charge >= 0.3 is 0 Å². The Labute approximate surface area is 87.5 Å². The highest BCUT2D eigenvalue weighted by Gasteiger charge is 2.34. The molecule has 4 nitrogen and oxygen atoms in total. The van der Waals surface area contributed by atoms with E-state index in [0.29, 0.717) is 12.3 Å². The molecule has 1 heterocycles. The Kier molecular flexibility index (Phi) is 4.07. The van der Waals surface area contributed by atoms with Crippen LogP contribution in [0.5, 0.6) is 0 Å². The minimum atomic E-state index is -0.826. The maximum atomic E-state index is 11.7. The number of amides is 1. The van der Waals surface area contributed by atoms with Crippen LogP contribution in [0.3, 0.4) is 0 Å². The van der Waals surface area contributed by atoms with Crippen molar-refractivity contribution < 1.29 is 9.00 Å². The quantitative estimate of drug-likeness (QED) is 0.718. The van der Waals surface area contributed by atoms with E-state index >= 15 is 0 Å². The topological polar surface area (TPSA) is 49.4 Å². The largest absolute Gasteiger partial charge is 0.325 e. The van der Waals surface area contributed by atoms with Crippen LogP contribution in [-0.2, 0) is 15.6 Å². The van der Waals surface area contributed by atoms with Gasteiger partial charge in [-0.25, -0.2) is 0 Å². The predicted octanol–water partition coefficient (Wildman–Crippen LogP) is -0.0787. The number of nitrogens with zero attached hydrogens (tertiary/aromatic N) is 1. The lowest BCUT2D eigenvalue weighted by Gasteiger charge is -2.22. The average molecular weight is 218 g/mol. The third-order valence-corrected chi connectivity index (χ3v) is 3.24. The van der Waals surface area contributed by atoms with Gasteiger partial charge in [0.1, 0.15) is 0 Å². The second-order valence-electron chi connectivity index (χ2n) is 3.62. The van der Waals surface area contributed by atoms with Crippen molar-refractivity contribution in [2.75, 3.05) is 18.6 Å². The van der Waals surface area contributed by atoms with Gasteiger partial charge in [0.2, 0.25) is 5.91 Å². The first-order chi connectivity index (χ1) is 6.56. The van der Waals surface area contributed by atoms with Gasteiger partial charge in [0, 0.05) is 29.4 Å². The molecular weight excluding hydrogens is 200 g/mol. The van der Waals surface area contributed by atoms with Crippen LogP contribution in [0, 0.1) is 0 Å². The van der Waals surface area contributed by atoms with Crippen molar-refractivity contribution in [3.63, 3.8) is 0 Å². The summed E-state index contributed by atoms with van der Waals surface area (Å²) in [5.41, 5.74) is 0. The molecule has 0 spiro atoms. The molecule has 0 bridgehead atoms. The summed E-state index contributed by atoms with van der Waals surface area (Å²) in [5, 5.41) is 3.20. The van der Waals surface area contributed by atoms with Gasteiger partial charge in [-0.3, -0.25) is 14.3 Å². The number of carbonyl (C=O) groups excluding carboxylic acids is 1. The Morgan fingerprint density at radius 2 is 2.21 bits per heavy atom. The Morgan fingerprint density at radius 1 is 1.57 bits per heavy atom. The van der Waals surface area contributed by atoms with Crippen molar-refractivity contribution in [3.05, 3.63) is 0 Å². The van der Waals surface area contributed by atoms with Gasteiger partial charge < -0.3 is 4.90 Å². The lowest BCUT2D eigenvalue weighted by Crippen LogP contribution is -2.39. The first-order valence-electron chi connectivity index (χ1n) is 4.92. The highest BCUT2D eigenvalue weighted by molar-refractivity contribution is 7.84. The molecule has 3 atom stereocenters. The molecule has 1 N–H and O–H groups in total. The fourth-order valence-corrected chi connectivity index (χ4v) is 2.14. The SMILES string of the molecule is CCC1NC(C)C(=O)N1CCS(C)=O. The van der Waals surface area contributed by atoms with Gasteiger partial charge in [0.05, 0.1) is 12.2 Å². The van der Waals surface area contributed by atoms with Crippen molar-refractivity contribution in [3.8, 4) is 0 Å². The Balaban J connectivity index is 2.55. The predicted molar refractivity (Wildman–Crippen MR) is 57.3 cm³/mol. The maximum absolute atomic E-state index is 11.7. The lowest BCUT2D eigenvalue weighted by atomic mass is 10.3. The summed E-state index contributed by atoms with van der Waals surface area (Å²) in [4.78, 5) is 13.4. The molecule has 14 heavy (non-hydrogen) atoms. The lowest BCUT2D eigenvalue weighted by molar-refractivity contribution is -0.129. The number of rotatable bonds is 4. The number of hydrogen-bond donors (Lipinski definition) is 1. The molecule has 5 heteroatoms. The van der Waals surface area contributed by atoms with Crippen LogP contribution in [0.2, 0.25) is 0 Å².